The van der Waals surface area contributed by atoms with Gasteiger partial charge in [0.25, 0.3) is 0 Å². The van der Waals surface area contributed by atoms with Crippen LogP contribution in [0.1, 0.15) is 317 Å². The Bertz CT molecular complexity index is 933. The van der Waals surface area contributed by atoms with Crippen LogP contribution in [0.5, 0.6) is 0 Å². The highest BCUT2D eigenvalue weighted by Crippen LogP contribution is 2.18. The molecule has 0 rings (SSSR count). The molecule has 62 heavy (non-hydrogen) atoms. The van der Waals surface area contributed by atoms with Crippen LogP contribution in [-0.4, -0.2) is 37.2 Å². The Morgan fingerprint density at radius 2 is 0.532 bits per heavy atom. The number of hydrogen-bond donors (Lipinski definition) is 0. The number of unbranched alkanes of at least 4 members (excludes halogenated alkanes) is 38. The van der Waals surface area contributed by atoms with E-state index in [4.69, 9.17) is 14.2 Å². The van der Waals surface area contributed by atoms with Crippen LogP contribution in [0.15, 0.2) is 0 Å². The molecule has 6 nitrogen and oxygen atoms in total. The van der Waals surface area contributed by atoms with E-state index in [1.54, 1.807) is 0 Å². The Balaban J connectivity index is 4.27. The summed E-state index contributed by atoms with van der Waals surface area (Å²) in [6.45, 7) is 9.01. The lowest BCUT2D eigenvalue weighted by Gasteiger charge is -2.18. The van der Waals surface area contributed by atoms with Gasteiger partial charge < -0.3 is 14.2 Å². The maximum Gasteiger partial charge on any atom is 0.306 e. The molecule has 0 saturated heterocycles. The molecule has 0 heterocycles. The van der Waals surface area contributed by atoms with Crippen LogP contribution >= 0.6 is 0 Å². The molecule has 0 aliphatic rings. The summed E-state index contributed by atoms with van der Waals surface area (Å²) in [5, 5.41) is 0. The van der Waals surface area contributed by atoms with Crippen molar-refractivity contribution in [2.75, 3.05) is 13.2 Å². The lowest BCUT2D eigenvalue weighted by Crippen LogP contribution is -2.30. The van der Waals surface area contributed by atoms with Crippen molar-refractivity contribution in [2.24, 2.45) is 5.92 Å². The monoisotopic (exact) mass is 877 g/mol. The molecule has 0 aliphatic heterocycles. The third-order valence-electron chi connectivity index (χ3n) is 12.8. The quantitative estimate of drug-likeness (QED) is 0.0344. The molecule has 0 radical (unpaired) electrons. The second kappa shape index (κ2) is 50.4. The van der Waals surface area contributed by atoms with Crippen molar-refractivity contribution < 1.29 is 28.6 Å². The summed E-state index contributed by atoms with van der Waals surface area (Å²) in [4.78, 5) is 38.0. The number of carbonyl (C=O) groups excluding carboxylic acids is 3. The van der Waals surface area contributed by atoms with E-state index >= 15 is 0 Å². The summed E-state index contributed by atoms with van der Waals surface area (Å²) >= 11 is 0. The minimum atomic E-state index is -0.761. The molecule has 0 aromatic rings. The molecule has 0 amide bonds. The lowest BCUT2D eigenvalue weighted by molar-refractivity contribution is -0.167. The maximum absolute atomic E-state index is 12.8. The SMILES string of the molecule is CCCCCCCCCCCCCCCCCCCC(=O)OC[C@@H](COC(=O)CCCCCCCCCCC(C)C)OC(=O)CCCCCCCCCCCCCCCCCC. The summed E-state index contributed by atoms with van der Waals surface area (Å²) in [5.41, 5.74) is 0. The normalized spacial score (nSPS) is 12.0. The predicted molar refractivity (Wildman–Crippen MR) is 266 cm³/mol. The highest BCUT2D eigenvalue weighted by Gasteiger charge is 2.19. The van der Waals surface area contributed by atoms with Crippen molar-refractivity contribution in [2.45, 2.75) is 323 Å². The topological polar surface area (TPSA) is 78.9 Å². The van der Waals surface area contributed by atoms with Gasteiger partial charge >= 0.3 is 17.9 Å². The van der Waals surface area contributed by atoms with Crippen molar-refractivity contribution in [1.82, 2.24) is 0 Å². The number of carbonyl (C=O) groups is 3. The Kier molecular flexibility index (Phi) is 49.1. The van der Waals surface area contributed by atoms with Crippen LogP contribution in [-0.2, 0) is 28.6 Å². The second-order valence-corrected chi connectivity index (χ2v) is 19.7. The van der Waals surface area contributed by atoms with Gasteiger partial charge in [0.15, 0.2) is 6.10 Å². The first-order valence-electron chi connectivity index (χ1n) is 27.9. The molecule has 0 aliphatic carbocycles. The van der Waals surface area contributed by atoms with E-state index < -0.39 is 6.10 Å². The van der Waals surface area contributed by atoms with Gasteiger partial charge in [0.05, 0.1) is 0 Å². The molecule has 0 bridgehead atoms. The Labute approximate surface area is 387 Å². The van der Waals surface area contributed by atoms with Crippen LogP contribution in [0.2, 0.25) is 0 Å². The zero-order valence-corrected chi connectivity index (χ0v) is 42.3. The van der Waals surface area contributed by atoms with Gasteiger partial charge in [-0.05, 0) is 25.2 Å². The molecule has 1 atom stereocenters. The molecule has 0 fully saturated rings. The molecule has 0 aromatic carbocycles. The standard InChI is InChI=1S/C56H108O6/c1-5-7-9-11-13-15-17-19-21-23-25-26-28-30-35-39-43-47-54(57)60-50-53(51-61-55(58)48-44-40-36-33-32-34-38-42-46-52(3)4)62-56(59)49-45-41-37-31-29-27-24-22-20-18-16-14-12-10-8-6-2/h52-53H,5-51H2,1-4H3/t53-/m0/s1. The largest absolute Gasteiger partial charge is 0.462 e. The third-order valence-corrected chi connectivity index (χ3v) is 12.8. The third kappa shape index (κ3) is 49.4. The fraction of sp³-hybridized carbons (Fsp3) is 0.946. The molecule has 368 valence electrons. The lowest BCUT2D eigenvalue weighted by atomic mass is 10.0. The van der Waals surface area contributed by atoms with E-state index in [2.05, 4.69) is 27.7 Å². The highest BCUT2D eigenvalue weighted by atomic mass is 16.6. The molecule has 6 heteroatoms. The Morgan fingerprint density at radius 1 is 0.306 bits per heavy atom. The fourth-order valence-electron chi connectivity index (χ4n) is 8.57. The fourth-order valence-corrected chi connectivity index (χ4v) is 8.57. The summed E-state index contributed by atoms with van der Waals surface area (Å²) in [6, 6.07) is 0. The molecule has 0 aromatic heterocycles. The highest BCUT2D eigenvalue weighted by molar-refractivity contribution is 5.71. The van der Waals surface area contributed by atoms with Gasteiger partial charge in [-0.2, -0.15) is 0 Å². The van der Waals surface area contributed by atoms with Gasteiger partial charge in [-0.3, -0.25) is 14.4 Å². The van der Waals surface area contributed by atoms with E-state index in [1.165, 1.54) is 212 Å². The minimum absolute atomic E-state index is 0.0626. The zero-order chi connectivity index (χ0) is 45.2. The number of ether oxygens (including phenoxy) is 3. The van der Waals surface area contributed by atoms with E-state index in [9.17, 15) is 14.4 Å². The van der Waals surface area contributed by atoms with E-state index in [0.29, 0.717) is 19.3 Å². The van der Waals surface area contributed by atoms with Gasteiger partial charge in [0, 0.05) is 19.3 Å². The van der Waals surface area contributed by atoms with Crippen molar-refractivity contribution >= 4 is 17.9 Å². The van der Waals surface area contributed by atoms with Crippen LogP contribution in [0, 0.1) is 5.92 Å². The van der Waals surface area contributed by atoms with Crippen molar-refractivity contribution in [1.29, 1.82) is 0 Å². The first-order chi connectivity index (χ1) is 30.4. The number of hydrogen-bond acceptors (Lipinski definition) is 6. The van der Waals surface area contributed by atoms with Gasteiger partial charge in [0.1, 0.15) is 13.2 Å². The van der Waals surface area contributed by atoms with Crippen LogP contribution in [0.4, 0.5) is 0 Å². The average Bonchev–Trinajstić information content (AvgIpc) is 3.26. The Hall–Kier alpha value is -1.59. The summed E-state index contributed by atoms with van der Waals surface area (Å²) in [5.74, 6) is -0.0442. The maximum atomic E-state index is 12.8. The van der Waals surface area contributed by atoms with Gasteiger partial charge in [-0.25, -0.2) is 0 Å². The minimum Gasteiger partial charge on any atom is -0.462 e. The number of esters is 3. The average molecular weight is 877 g/mol. The molecule has 0 N–H and O–H groups in total. The van der Waals surface area contributed by atoms with Crippen LogP contribution < -0.4 is 0 Å². The van der Waals surface area contributed by atoms with Gasteiger partial charge in [-0.15, -0.1) is 0 Å². The summed E-state index contributed by atoms with van der Waals surface area (Å²) < 4.78 is 16.9. The van der Waals surface area contributed by atoms with Gasteiger partial charge in [0.2, 0.25) is 0 Å². The smallest absolute Gasteiger partial charge is 0.306 e. The molecule has 0 saturated carbocycles. The first kappa shape index (κ1) is 60.4. The molecule has 0 unspecified atom stereocenters. The summed E-state index contributed by atoms with van der Waals surface area (Å²) in [6.07, 6.45) is 53.8. The molecular weight excluding hydrogens is 769 g/mol. The van der Waals surface area contributed by atoms with E-state index in [0.717, 1.165) is 63.7 Å². The van der Waals surface area contributed by atoms with Crippen molar-refractivity contribution in [3.05, 3.63) is 0 Å². The number of rotatable bonds is 51. The molecular formula is C56H108O6. The first-order valence-corrected chi connectivity index (χ1v) is 27.9. The molecule has 0 spiro atoms. The van der Waals surface area contributed by atoms with Crippen LogP contribution in [0.25, 0.3) is 0 Å². The van der Waals surface area contributed by atoms with E-state index in [-0.39, 0.29) is 31.1 Å². The van der Waals surface area contributed by atoms with Gasteiger partial charge in [-0.1, -0.05) is 278 Å². The van der Waals surface area contributed by atoms with Crippen molar-refractivity contribution in [3.63, 3.8) is 0 Å². The van der Waals surface area contributed by atoms with E-state index in [1.807, 2.05) is 0 Å². The van der Waals surface area contributed by atoms with Crippen molar-refractivity contribution in [3.8, 4) is 0 Å². The van der Waals surface area contributed by atoms with Crippen LogP contribution in [0.3, 0.4) is 0 Å². The zero-order valence-electron chi connectivity index (χ0n) is 42.3. The second-order valence-electron chi connectivity index (χ2n) is 19.7. The Morgan fingerprint density at radius 3 is 0.790 bits per heavy atom. The summed E-state index contributed by atoms with van der Waals surface area (Å²) in [7, 11) is 0. The predicted octanol–water partition coefficient (Wildman–Crippen LogP) is 18.2.